The van der Waals surface area contributed by atoms with E-state index in [9.17, 15) is 0 Å². The van der Waals surface area contributed by atoms with E-state index in [1.807, 2.05) is 44.3 Å². The van der Waals surface area contributed by atoms with Crippen molar-refractivity contribution in [2.75, 3.05) is 24.7 Å². The summed E-state index contributed by atoms with van der Waals surface area (Å²) in [5.74, 6) is 3.15. The molecule has 160 valence electrons. The van der Waals surface area contributed by atoms with E-state index in [2.05, 4.69) is 42.7 Å². The third-order valence-corrected chi connectivity index (χ3v) is 7.89. The lowest BCUT2D eigenvalue weighted by atomic mass is 9.87. The van der Waals surface area contributed by atoms with Gasteiger partial charge in [-0.1, -0.05) is 25.1 Å². The van der Waals surface area contributed by atoms with Crippen LogP contribution in [0.15, 0.2) is 11.2 Å². The molecule has 0 saturated carbocycles. The Labute approximate surface area is 185 Å². The van der Waals surface area contributed by atoms with Crippen LogP contribution in [0.3, 0.4) is 0 Å². The van der Waals surface area contributed by atoms with Gasteiger partial charge in [0.25, 0.3) is 0 Å². The van der Waals surface area contributed by atoms with Crippen LogP contribution in [-0.4, -0.2) is 43.8 Å². The van der Waals surface area contributed by atoms with Crippen LogP contribution in [0.25, 0.3) is 10.7 Å². The van der Waals surface area contributed by atoms with Crippen LogP contribution in [-0.2, 0) is 19.9 Å². The van der Waals surface area contributed by atoms with Gasteiger partial charge in [0.1, 0.15) is 5.82 Å². The molecule has 2 unspecified atom stereocenters. The molecule has 30 heavy (non-hydrogen) atoms. The Morgan fingerprint density at radius 3 is 2.83 bits per heavy atom. The molecule has 0 aromatic carbocycles. The average Bonchev–Trinajstić information content (AvgIpc) is 3.30. The molecule has 0 amide bonds. The fourth-order valence-electron chi connectivity index (χ4n) is 3.68. The largest absolute Gasteiger partial charge is 0.368 e. The number of rotatable bonds is 6. The lowest BCUT2D eigenvalue weighted by Crippen LogP contribution is -2.16. The van der Waals surface area contributed by atoms with Gasteiger partial charge in [0, 0.05) is 26.0 Å². The van der Waals surface area contributed by atoms with E-state index in [0.29, 0.717) is 11.8 Å². The Bertz CT molecular complexity index is 1040. The summed E-state index contributed by atoms with van der Waals surface area (Å²) in [6.45, 7) is 4.33. The summed E-state index contributed by atoms with van der Waals surface area (Å²) in [5, 5.41) is 9.74. The van der Waals surface area contributed by atoms with E-state index < -0.39 is 0 Å². The number of aryl methyl sites for hydroxylation is 1. The Hall–Kier alpha value is -2.20. The molecule has 3 heterocycles. The van der Waals surface area contributed by atoms with Crippen molar-refractivity contribution in [1.29, 1.82) is 0 Å². The predicted octanol–water partition coefficient (Wildman–Crippen LogP) is 3.75. The van der Waals surface area contributed by atoms with Crippen LogP contribution in [0.4, 0.5) is 11.9 Å². The van der Waals surface area contributed by atoms with Crippen molar-refractivity contribution < 1.29 is 0 Å². The molecule has 0 bridgehead atoms. The zero-order chi connectivity index (χ0) is 21.4. The van der Waals surface area contributed by atoms with Gasteiger partial charge >= 0.3 is 0 Å². The lowest BCUT2D eigenvalue weighted by molar-refractivity contribution is 0.449. The first kappa shape index (κ1) is 21.0. The Morgan fingerprint density at radius 2 is 2.10 bits per heavy atom. The summed E-state index contributed by atoms with van der Waals surface area (Å²) in [6, 6.07) is 2.32. The number of anilines is 2. The summed E-state index contributed by atoms with van der Waals surface area (Å²) < 4.78 is 2.06. The highest BCUT2D eigenvalue weighted by molar-refractivity contribution is 7.99. The molecule has 10 heteroatoms. The second kappa shape index (κ2) is 8.50. The minimum atomic E-state index is -0.0356. The van der Waals surface area contributed by atoms with Gasteiger partial charge in [-0.05, 0) is 43.7 Å². The maximum Gasteiger partial charge on any atom is 0.229 e. The van der Waals surface area contributed by atoms with Crippen molar-refractivity contribution in [2.45, 2.75) is 49.9 Å². The Balaban J connectivity index is 1.55. The maximum atomic E-state index is 5.88. The first-order valence-corrected chi connectivity index (χ1v) is 11.9. The highest BCUT2D eigenvalue weighted by atomic mass is 32.2. The topological polar surface area (TPSA) is 98.6 Å². The van der Waals surface area contributed by atoms with E-state index in [4.69, 9.17) is 5.73 Å². The van der Waals surface area contributed by atoms with Crippen LogP contribution in [0.2, 0.25) is 0 Å². The standard InChI is InChI=1S/C20H28N8S2/c1-6-12-7-8-14-13(9-12)10-15(30-14)17-25-26-20(28(17)5)29-11(2)16-22-18(21)24-19(23-16)27(3)4/h10-12H,6-9H2,1-5H3,(H2,21,22,23,24). The van der Waals surface area contributed by atoms with Gasteiger partial charge in [-0.15, -0.1) is 21.5 Å². The van der Waals surface area contributed by atoms with Gasteiger partial charge in [-0.25, -0.2) is 0 Å². The monoisotopic (exact) mass is 444 g/mol. The van der Waals surface area contributed by atoms with Crippen molar-refractivity contribution in [3.8, 4) is 10.7 Å². The van der Waals surface area contributed by atoms with E-state index in [-0.39, 0.29) is 11.2 Å². The Morgan fingerprint density at radius 1 is 1.30 bits per heavy atom. The third-order valence-electron chi connectivity index (χ3n) is 5.52. The molecular formula is C20H28N8S2. The van der Waals surface area contributed by atoms with Crippen molar-refractivity contribution in [2.24, 2.45) is 13.0 Å². The highest BCUT2D eigenvalue weighted by Crippen LogP contribution is 2.39. The molecule has 0 saturated heterocycles. The van der Waals surface area contributed by atoms with Crippen molar-refractivity contribution in [1.82, 2.24) is 29.7 Å². The zero-order valence-electron chi connectivity index (χ0n) is 18.1. The number of thiophene rings is 1. The molecule has 2 atom stereocenters. The fourth-order valence-corrected chi connectivity index (χ4v) is 5.77. The number of fused-ring (bicyclic) bond motifs is 1. The first-order valence-electron chi connectivity index (χ1n) is 10.2. The summed E-state index contributed by atoms with van der Waals surface area (Å²) >= 11 is 3.44. The highest BCUT2D eigenvalue weighted by Gasteiger charge is 2.23. The molecule has 0 fully saturated rings. The van der Waals surface area contributed by atoms with E-state index in [1.54, 1.807) is 11.8 Å². The first-order chi connectivity index (χ1) is 14.4. The van der Waals surface area contributed by atoms with E-state index in [1.165, 1.54) is 41.0 Å². The number of hydrogen-bond acceptors (Lipinski definition) is 9. The molecule has 0 radical (unpaired) electrons. The normalized spacial score (nSPS) is 17.0. The predicted molar refractivity (Wildman–Crippen MR) is 123 cm³/mol. The minimum absolute atomic E-state index is 0.0356. The quantitative estimate of drug-likeness (QED) is 0.574. The van der Waals surface area contributed by atoms with E-state index in [0.717, 1.165) is 16.9 Å². The van der Waals surface area contributed by atoms with Crippen molar-refractivity contribution in [3.05, 3.63) is 22.3 Å². The molecule has 8 nitrogen and oxygen atoms in total. The number of thioether (sulfide) groups is 1. The van der Waals surface area contributed by atoms with Crippen LogP contribution in [0.1, 0.15) is 48.2 Å². The SMILES string of the molecule is CCC1CCc2sc(-c3nnc(SC(C)c4nc(N)nc(N(C)C)n4)n3C)cc2C1. The molecule has 0 aliphatic heterocycles. The molecule has 4 rings (SSSR count). The number of nitrogens with two attached hydrogens (primary N) is 1. The van der Waals surface area contributed by atoms with Crippen molar-refractivity contribution >= 4 is 35.0 Å². The van der Waals surface area contributed by atoms with Gasteiger partial charge in [0.15, 0.2) is 11.0 Å². The second-order valence-electron chi connectivity index (χ2n) is 7.95. The van der Waals surface area contributed by atoms with Crippen LogP contribution in [0, 0.1) is 5.92 Å². The molecule has 3 aromatic heterocycles. The molecule has 1 aliphatic rings. The summed E-state index contributed by atoms with van der Waals surface area (Å²) in [5.41, 5.74) is 7.37. The second-order valence-corrected chi connectivity index (χ2v) is 10.4. The van der Waals surface area contributed by atoms with Gasteiger partial charge in [0.2, 0.25) is 11.9 Å². The zero-order valence-corrected chi connectivity index (χ0v) is 19.7. The van der Waals surface area contributed by atoms with Crippen LogP contribution < -0.4 is 10.6 Å². The van der Waals surface area contributed by atoms with Gasteiger partial charge < -0.3 is 15.2 Å². The number of hydrogen-bond donors (Lipinski definition) is 1. The summed E-state index contributed by atoms with van der Waals surface area (Å²) in [6.07, 6.45) is 4.92. The Kier molecular flexibility index (Phi) is 5.97. The van der Waals surface area contributed by atoms with Crippen LogP contribution in [0.5, 0.6) is 0 Å². The average molecular weight is 445 g/mol. The molecule has 2 N–H and O–H groups in total. The smallest absolute Gasteiger partial charge is 0.229 e. The number of aromatic nitrogens is 6. The van der Waals surface area contributed by atoms with Gasteiger partial charge in [-0.3, -0.25) is 0 Å². The third kappa shape index (κ3) is 4.15. The number of nitrogen functional groups attached to an aromatic ring is 1. The maximum absolute atomic E-state index is 5.88. The minimum Gasteiger partial charge on any atom is -0.368 e. The van der Waals surface area contributed by atoms with Crippen molar-refractivity contribution in [3.63, 3.8) is 0 Å². The van der Waals surface area contributed by atoms with Gasteiger partial charge in [0.05, 0.1) is 10.1 Å². The molecule has 0 spiro atoms. The van der Waals surface area contributed by atoms with Crippen LogP contribution >= 0.6 is 23.1 Å². The molecular weight excluding hydrogens is 416 g/mol. The summed E-state index contributed by atoms with van der Waals surface area (Å²) in [4.78, 5) is 17.5. The van der Waals surface area contributed by atoms with Gasteiger partial charge in [-0.2, -0.15) is 15.0 Å². The fraction of sp³-hybridized carbons (Fsp3) is 0.550. The lowest BCUT2D eigenvalue weighted by Gasteiger charge is -2.19. The van der Waals surface area contributed by atoms with E-state index >= 15 is 0 Å². The molecule has 1 aliphatic carbocycles. The molecule has 3 aromatic rings. The number of nitrogens with zero attached hydrogens (tertiary/aromatic N) is 7. The summed E-state index contributed by atoms with van der Waals surface area (Å²) in [7, 11) is 5.79.